The minimum Gasteiger partial charge on any atom is -0.347 e. The van der Waals surface area contributed by atoms with Crippen LogP contribution in [0.1, 0.15) is 173 Å². The van der Waals surface area contributed by atoms with Gasteiger partial charge in [-0.3, -0.25) is 57.5 Å². The van der Waals surface area contributed by atoms with Gasteiger partial charge in [0, 0.05) is 81.4 Å². The highest BCUT2D eigenvalue weighted by atomic mass is 35.5. The number of nitrogens with one attached hydrogen (secondary N) is 3. The molecule has 2 aromatic rings. The number of rotatable bonds is 13. The summed E-state index contributed by atoms with van der Waals surface area (Å²) in [6.45, 7) is 8.29. The lowest BCUT2D eigenvalue weighted by Gasteiger charge is -2.45. The van der Waals surface area contributed by atoms with Crippen molar-refractivity contribution in [2.24, 2.45) is 23.7 Å². The van der Waals surface area contributed by atoms with Crippen molar-refractivity contribution in [1.29, 1.82) is 0 Å². The minimum atomic E-state index is -4.79. The summed E-state index contributed by atoms with van der Waals surface area (Å²) >= 11 is 12.8. The van der Waals surface area contributed by atoms with E-state index in [1.807, 2.05) is 20.8 Å². The average Bonchev–Trinajstić information content (AvgIpc) is 1.77. The van der Waals surface area contributed by atoms with Gasteiger partial charge < -0.3 is 60.0 Å². The van der Waals surface area contributed by atoms with E-state index in [9.17, 15) is 46.7 Å². The van der Waals surface area contributed by atoms with E-state index in [-0.39, 0.29) is 75.3 Å². The van der Waals surface area contributed by atoms with Crippen molar-refractivity contribution in [2.75, 3.05) is 76.5 Å². The van der Waals surface area contributed by atoms with Gasteiger partial charge in [0.15, 0.2) is 0 Å². The zero-order chi connectivity index (χ0) is 77.9. The number of hydrogen-bond donors (Lipinski definition) is 3. The van der Waals surface area contributed by atoms with Crippen LogP contribution in [-0.4, -0.2) is 251 Å². The third kappa shape index (κ3) is 20.6. The molecule has 582 valence electrons. The summed E-state index contributed by atoms with van der Waals surface area (Å²) in [5, 5.41) is 8.44. The summed E-state index contributed by atoms with van der Waals surface area (Å²) in [7, 11) is 12.8. The third-order valence-corrected chi connectivity index (χ3v) is 23.3. The number of nitrogens with zero attached hydrogens (tertiary/aromatic N) is 9. The zero-order valence-corrected chi connectivity index (χ0v) is 65.1. The Balaban J connectivity index is 1.34. The molecule has 3 aliphatic carbocycles. The molecule has 24 nitrogen and oxygen atoms in total. The Bertz CT molecular complexity index is 3490. The van der Waals surface area contributed by atoms with Crippen LogP contribution in [0.25, 0.3) is 0 Å². The fourth-order valence-corrected chi connectivity index (χ4v) is 16.3. The molecule has 1 spiro atoms. The van der Waals surface area contributed by atoms with Crippen LogP contribution in [0.5, 0.6) is 0 Å². The molecule has 5 fully saturated rings. The van der Waals surface area contributed by atoms with Gasteiger partial charge in [0.1, 0.15) is 59.9 Å². The van der Waals surface area contributed by atoms with E-state index in [1.54, 1.807) is 31.2 Å². The SMILES string of the molecule is CC[C@H](C)[C@@H]1NC(=O)[C@H](CC(C)C)N(C)C(=O)C[C@@H](C(=O)N(C)C)N(C)C(=O)[C@H](C2CCCC2)N(C)C(=O)C2(CCCC2)NC(=O)[C@H](Cc2cccc(Cl)c2)N(C)C(=O)[C@H](CCc2ccc(C(F)(F)F)c(Cl)c2)NC(=O)CN(C)C(=O)[C@H](CC2CCCCC2)N(C)C(=O)[C@@H]2CCN2C(=O)[C@H](C)N(C)C1=O. The Morgan fingerprint density at radius 1 is 0.657 bits per heavy atom. The summed E-state index contributed by atoms with van der Waals surface area (Å²) in [4.78, 5) is 193. The lowest BCUT2D eigenvalue weighted by molar-refractivity contribution is -0.160. The zero-order valence-electron chi connectivity index (χ0n) is 63.6. The lowest BCUT2D eigenvalue weighted by Crippen LogP contribution is -2.65. The second-order valence-electron chi connectivity index (χ2n) is 30.7. The van der Waals surface area contributed by atoms with E-state index in [4.69, 9.17) is 23.2 Å². The highest BCUT2D eigenvalue weighted by Gasteiger charge is 2.52. The van der Waals surface area contributed by atoms with Crippen LogP contribution in [0.3, 0.4) is 0 Å². The van der Waals surface area contributed by atoms with Gasteiger partial charge >= 0.3 is 6.18 Å². The molecular formula is C76H111Cl2F3N12O12. The van der Waals surface area contributed by atoms with Crippen LogP contribution in [0, 0.1) is 23.7 Å². The molecule has 2 saturated heterocycles. The van der Waals surface area contributed by atoms with Crippen LogP contribution < -0.4 is 16.0 Å². The molecule has 2 aliphatic heterocycles. The van der Waals surface area contributed by atoms with Crippen LogP contribution in [0.4, 0.5) is 13.2 Å². The first kappa shape index (κ1) is 84.7. The third-order valence-electron chi connectivity index (χ3n) is 22.8. The summed E-state index contributed by atoms with van der Waals surface area (Å²) < 4.78 is 42.0. The summed E-state index contributed by atoms with van der Waals surface area (Å²) in [6, 6.07) is -1.90. The first-order chi connectivity index (χ1) is 49.3. The number of alkyl halides is 3. The van der Waals surface area contributed by atoms with Crippen molar-refractivity contribution in [3.05, 3.63) is 69.2 Å². The van der Waals surface area contributed by atoms with E-state index in [2.05, 4.69) is 16.0 Å². The number of benzene rings is 2. The molecule has 5 aliphatic rings. The summed E-state index contributed by atoms with van der Waals surface area (Å²) in [6.07, 6.45) is 2.73. The van der Waals surface area contributed by atoms with Crippen LogP contribution in [-0.2, 0) is 76.6 Å². The predicted molar refractivity (Wildman–Crippen MR) is 391 cm³/mol. The fourth-order valence-electron chi connectivity index (χ4n) is 15.7. The van der Waals surface area contributed by atoms with E-state index in [0.29, 0.717) is 55.5 Å². The Morgan fingerprint density at radius 3 is 1.86 bits per heavy atom. The van der Waals surface area contributed by atoms with Crippen molar-refractivity contribution in [3.63, 3.8) is 0 Å². The maximum atomic E-state index is 15.8. The van der Waals surface area contributed by atoms with Gasteiger partial charge in [-0.15, -0.1) is 0 Å². The highest BCUT2D eigenvalue weighted by molar-refractivity contribution is 6.31. The van der Waals surface area contributed by atoms with Gasteiger partial charge in [-0.25, -0.2) is 0 Å². The number of fused-ring (bicyclic) bond motifs is 1. The molecule has 3 saturated carbocycles. The molecule has 0 bridgehead atoms. The van der Waals surface area contributed by atoms with Crippen LogP contribution >= 0.6 is 23.2 Å². The Labute approximate surface area is 626 Å². The molecule has 0 radical (unpaired) electrons. The predicted octanol–water partition coefficient (Wildman–Crippen LogP) is 7.37. The number of amides is 12. The largest absolute Gasteiger partial charge is 0.417 e. The molecule has 12 amide bonds. The summed E-state index contributed by atoms with van der Waals surface area (Å²) in [5.41, 5.74) is -2.03. The summed E-state index contributed by atoms with van der Waals surface area (Å²) in [5.74, 6) is -9.37. The molecule has 0 aromatic heterocycles. The minimum absolute atomic E-state index is 0.00245. The van der Waals surface area contributed by atoms with Crippen molar-refractivity contribution in [3.8, 4) is 0 Å². The Hall–Kier alpha value is -7.55. The standard InChI is InChI=1S/C76H111Cl2F3N12O12/c1-15-46(4)63-72(103)87(9)47(5)67(98)93-37-34-56(93)71(102)90(12)59(41-48-24-17-16-18-25-48)70(101)86(8)44-61(94)82-55(33-31-49-30-32-53(54(78)40-49)76(79,80)81)68(99)89(11)58(42-50-26-23-29-52(77)39-50)66(97)84-75(35-21-22-36-75)74(105)92(14)64(51-27-19-20-28-51)73(104)91(13)60(69(100)85(6)7)43-62(95)88(10)57(38-45(2)3)65(96)83-63/h23,26,29-30,32,39-40,45-48,51,55-60,63-64H,15-22,24-25,27-28,31,33-38,41-44H2,1-14H3,(H,82,94)(H,83,96)(H,84,97)/t46-,47-,55-,56-,57-,58-,59-,60-,63-,64-/m0/s1. The maximum absolute atomic E-state index is 15.8. The highest BCUT2D eigenvalue weighted by Crippen LogP contribution is 2.39. The lowest BCUT2D eigenvalue weighted by atomic mass is 9.84. The second kappa shape index (κ2) is 36.8. The molecule has 10 atom stereocenters. The maximum Gasteiger partial charge on any atom is 0.417 e. The van der Waals surface area contributed by atoms with Gasteiger partial charge in [-0.05, 0) is 124 Å². The van der Waals surface area contributed by atoms with Crippen molar-refractivity contribution in [1.82, 2.24) is 60.0 Å². The first-order valence-corrected chi connectivity index (χ1v) is 38.0. The topological polar surface area (TPSA) is 270 Å². The first-order valence-electron chi connectivity index (χ1n) is 37.2. The number of likely N-dealkylation sites (N-methyl/N-ethyl adjacent to an activating group) is 8. The van der Waals surface area contributed by atoms with Crippen molar-refractivity contribution >= 4 is 94.1 Å². The monoisotopic (exact) mass is 1510 g/mol. The molecule has 2 heterocycles. The Kier molecular flexibility index (Phi) is 29.7. The van der Waals surface area contributed by atoms with Gasteiger partial charge in [-0.1, -0.05) is 133 Å². The van der Waals surface area contributed by atoms with E-state index < -0.39 is 172 Å². The number of carbonyl (C=O) groups excluding carboxylic acids is 12. The number of carbonyl (C=O) groups is 12. The molecule has 7 rings (SSSR count). The normalized spacial score (nSPS) is 26.5. The van der Waals surface area contributed by atoms with Gasteiger partial charge in [0.05, 0.1) is 23.6 Å². The van der Waals surface area contributed by atoms with Crippen LogP contribution in [0.15, 0.2) is 42.5 Å². The molecular weight excluding hydrogens is 1400 g/mol. The molecule has 105 heavy (non-hydrogen) atoms. The molecule has 0 unspecified atom stereocenters. The second-order valence-corrected chi connectivity index (χ2v) is 31.6. The van der Waals surface area contributed by atoms with Gasteiger partial charge in [-0.2, -0.15) is 13.2 Å². The molecule has 2 aromatic carbocycles. The molecule has 29 heteroatoms. The van der Waals surface area contributed by atoms with Gasteiger partial charge in [0.25, 0.3) is 0 Å². The van der Waals surface area contributed by atoms with Gasteiger partial charge in [0.2, 0.25) is 70.9 Å². The molecule has 3 N–H and O–H groups in total. The quantitative estimate of drug-likeness (QED) is 0.177. The van der Waals surface area contributed by atoms with Crippen LogP contribution in [0.2, 0.25) is 10.0 Å². The van der Waals surface area contributed by atoms with E-state index in [1.165, 1.54) is 111 Å². The smallest absolute Gasteiger partial charge is 0.347 e. The number of hydrogen-bond acceptors (Lipinski definition) is 12. The number of aryl methyl sites for hydroxylation is 1. The van der Waals surface area contributed by atoms with Crippen molar-refractivity contribution < 1.29 is 70.7 Å². The van der Waals surface area contributed by atoms with E-state index in [0.717, 1.165) is 54.0 Å². The average molecular weight is 1510 g/mol. The Morgan fingerprint density at radius 2 is 1.29 bits per heavy atom. The van der Waals surface area contributed by atoms with Crippen molar-refractivity contribution in [2.45, 2.75) is 236 Å². The fraction of sp³-hybridized carbons (Fsp3) is 0.684. The van der Waals surface area contributed by atoms with E-state index >= 15 is 24.0 Å². The number of halogens is 5.